The van der Waals surface area contributed by atoms with Crippen LogP contribution in [0.5, 0.6) is 0 Å². The topological polar surface area (TPSA) is 66.4 Å². The highest BCUT2D eigenvalue weighted by molar-refractivity contribution is 6.30. The zero-order valence-electron chi connectivity index (χ0n) is 10.6. The summed E-state index contributed by atoms with van der Waals surface area (Å²) in [4.78, 5) is 15.6. The van der Waals surface area contributed by atoms with Crippen molar-refractivity contribution < 1.29 is 4.79 Å². The maximum Gasteiger partial charge on any atom is 0.259 e. The molecule has 0 fully saturated rings. The summed E-state index contributed by atoms with van der Waals surface area (Å²) in [6.07, 6.45) is 3.14. The molecule has 1 heterocycles. The molecule has 0 bridgehead atoms. The number of nitrogens with one attached hydrogen (secondary N) is 2. The Morgan fingerprint density at radius 3 is 2.95 bits per heavy atom. The Hall–Kier alpha value is -2.40. The zero-order valence-corrected chi connectivity index (χ0v) is 11.3. The third-order valence-electron chi connectivity index (χ3n) is 2.35. The van der Waals surface area contributed by atoms with Crippen molar-refractivity contribution in [3.8, 4) is 0 Å². The van der Waals surface area contributed by atoms with Gasteiger partial charge >= 0.3 is 0 Å². The van der Waals surface area contributed by atoms with Gasteiger partial charge in [-0.05, 0) is 30.3 Å². The second-order valence-corrected chi connectivity index (χ2v) is 4.35. The summed E-state index contributed by atoms with van der Waals surface area (Å²) in [6.45, 7) is 0.111. The minimum atomic E-state index is -0.253. The number of halogens is 1. The summed E-state index contributed by atoms with van der Waals surface area (Å²) in [5, 5.41) is 7.38. The van der Waals surface area contributed by atoms with E-state index in [1.807, 2.05) is 24.3 Å². The van der Waals surface area contributed by atoms with E-state index in [-0.39, 0.29) is 12.5 Å². The highest BCUT2D eigenvalue weighted by Gasteiger charge is 1.99. The van der Waals surface area contributed by atoms with Crippen LogP contribution in [0.1, 0.15) is 5.69 Å². The van der Waals surface area contributed by atoms with Gasteiger partial charge in [0.2, 0.25) is 0 Å². The average molecular weight is 289 g/mol. The molecule has 2 N–H and O–H groups in total. The molecule has 6 heteroatoms. The Morgan fingerprint density at radius 1 is 1.30 bits per heavy atom. The fraction of sp³-hybridized carbons (Fsp3) is 0.0714. The Labute approximate surface area is 121 Å². The number of benzene rings is 1. The van der Waals surface area contributed by atoms with Gasteiger partial charge in [0, 0.05) is 16.9 Å². The molecule has 0 saturated heterocycles. The number of hydrazone groups is 1. The lowest BCUT2D eigenvalue weighted by molar-refractivity contribution is -0.119. The number of hydrogen-bond acceptors (Lipinski definition) is 4. The summed E-state index contributed by atoms with van der Waals surface area (Å²) in [7, 11) is 0. The minimum absolute atomic E-state index is 0.111. The smallest absolute Gasteiger partial charge is 0.259 e. The second-order valence-electron chi connectivity index (χ2n) is 3.91. The number of pyridine rings is 1. The molecule has 1 amide bonds. The molecule has 1 aromatic heterocycles. The Morgan fingerprint density at radius 2 is 2.20 bits per heavy atom. The van der Waals surface area contributed by atoms with Crippen molar-refractivity contribution in [3.05, 3.63) is 59.4 Å². The summed E-state index contributed by atoms with van der Waals surface area (Å²) >= 11 is 5.84. The summed E-state index contributed by atoms with van der Waals surface area (Å²) in [5.41, 5.74) is 3.87. The highest BCUT2D eigenvalue weighted by atomic mass is 35.5. The molecule has 0 unspecified atom stereocenters. The Balaban J connectivity index is 1.77. The van der Waals surface area contributed by atoms with Gasteiger partial charge in [-0.2, -0.15) is 5.10 Å². The number of carbonyl (C=O) groups excluding carboxylic acids is 1. The van der Waals surface area contributed by atoms with Crippen molar-refractivity contribution in [1.82, 2.24) is 10.4 Å². The fourth-order valence-electron chi connectivity index (χ4n) is 1.44. The van der Waals surface area contributed by atoms with E-state index in [0.29, 0.717) is 10.7 Å². The summed E-state index contributed by atoms with van der Waals surface area (Å²) < 4.78 is 0. The molecule has 0 saturated carbocycles. The number of rotatable bonds is 5. The van der Waals surface area contributed by atoms with E-state index in [1.165, 1.54) is 6.21 Å². The van der Waals surface area contributed by atoms with Crippen LogP contribution in [0.15, 0.2) is 53.8 Å². The molecule has 2 aromatic rings. The molecular formula is C14H13ClN4O. The average Bonchev–Trinajstić information content (AvgIpc) is 2.46. The van der Waals surface area contributed by atoms with E-state index >= 15 is 0 Å². The maximum absolute atomic E-state index is 11.6. The van der Waals surface area contributed by atoms with Crippen molar-refractivity contribution in [1.29, 1.82) is 0 Å². The quantitative estimate of drug-likeness (QED) is 0.655. The van der Waals surface area contributed by atoms with Crippen molar-refractivity contribution >= 4 is 29.4 Å². The standard InChI is InChI=1S/C14H13ClN4O/c15-11-4-3-6-12(8-11)17-10-14(20)19-18-9-13-5-1-2-7-16-13/h1-9,17H,10H2,(H,19,20)/b18-9+. The zero-order chi connectivity index (χ0) is 14.2. The van der Waals surface area contributed by atoms with Crippen LogP contribution in [0, 0.1) is 0 Å². The van der Waals surface area contributed by atoms with E-state index < -0.39 is 0 Å². The normalized spacial score (nSPS) is 10.4. The Bertz CT molecular complexity index is 601. The first-order chi connectivity index (χ1) is 9.74. The predicted molar refractivity (Wildman–Crippen MR) is 79.9 cm³/mol. The van der Waals surface area contributed by atoms with Gasteiger partial charge in [-0.15, -0.1) is 0 Å². The molecule has 20 heavy (non-hydrogen) atoms. The van der Waals surface area contributed by atoms with E-state index in [4.69, 9.17) is 11.6 Å². The molecule has 0 spiro atoms. The van der Waals surface area contributed by atoms with Crippen molar-refractivity contribution in [2.75, 3.05) is 11.9 Å². The highest BCUT2D eigenvalue weighted by Crippen LogP contribution is 2.14. The molecule has 1 aromatic carbocycles. The Kier molecular flexibility index (Phi) is 5.08. The van der Waals surface area contributed by atoms with Gasteiger partial charge < -0.3 is 5.32 Å². The van der Waals surface area contributed by atoms with Crippen LogP contribution in [0.25, 0.3) is 0 Å². The van der Waals surface area contributed by atoms with Crippen LogP contribution in [0.4, 0.5) is 5.69 Å². The SMILES string of the molecule is O=C(CNc1cccc(Cl)c1)N/N=C/c1ccccn1. The van der Waals surface area contributed by atoms with Gasteiger partial charge in [0.1, 0.15) is 0 Å². The number of amides is 1. The number of hydrogen-bond donors (Lipinski definition) is 2. The van der Waals surface area contributed by atoms with Gasteiger partial charge in [0.15, 0.2) is 0 Å². The van der Waals surface area contributed by atoms with E-state index in [9.17, 15) is 4.79 Å². The van der Waals surface area contributed by atoms with E-state index in [0.717, 1.165) is 5.69 Å². The molecule has 2 rings (SSSR count). The number of aromatic nitrogens is 1. The van der Waals surface area contributed by atoms with Gasteiger partial charge in [-0.1, -0.05) is 23.7 Å². The molecule has 0 atom stereocenters. The number of carbonyl (C=O) groups is 1. The lowest BCUT2D eigenvalue weighted by Gasteiger charge is -2.05. The van der Waals surface area contributed by atoms with Crippen LogP contribution in [0.2, 0.25) is 5.02 Å². The molecule has 5 nitrogen and oxygen atoms in total. The molecule has 0 radical (unpaired) electrons. The minimum Gasteiger partial charge on any atom is -0.376 e. The largest absolute Gasteiger partial charge is 0.376 e. The molecule has 0 aliphatic rings. The second kappa shape index (κ2) is 7.25. The van der Waals surface area contributed by atoms with Crippen LogP contribution in [0.3, 0.4) is 0 Å². The van der Waals surface area contributed by atoms with Gasteiger partial charge in [-0.25, -0.2) is 5.43 Å². The summed E-state index contributed by atoms with van der Waals surface area (Å²) in [5.74, 6) is -0.253. The third kappa shape index (κ3) is 4.70. The first kappa shape index (κ1) is 14.0. The molecule has 0 aliphatic carbocycles. The van der Waals surface area contributed by atoms with Crippen molar-refractivity contribution in [2.24, 2.45) is 5.10 Å². The third-order valence-corrected chi connectivity index (χ3v) is 2.59. The van der Waals surface area contributed by atoms with Crippen LogP contribution in [-0.4, -0.2) is 23.7 Å². The number of anilines is 1. The van der Waals surface area contributed by atoms with Crippen LogP contribution in [-0.2, 0) is 4.79 Å². The predicted octanol–water partition coefficient (Wildman–Crippen LogP) is 2.30. The molecular weight excluding hydrogens is 276 g/mol. The van der Waals surface area contributed by atoms with Crippen LogP contribution < -0.4 is 10.7 Å². The van der Waals surface area contributed by atoms with Gasteiger partial charge in [0.05, 0.1) is 18.5 Å². The summed E-state index contributed by atoms with van der Waals surface area (Å²) in [6, 6.07) is 12.6. The molecule has 0 aliphatic heterocycles. The lowest BCUT2D eigenvalue weighted by Crippen LogP contribution is -2.25. The van der Waals surface area contributed by atoms with Gasteiger partial charge in [-0.3, -0.25) is 9.78 Å². The van der Waals surface area contributed by atoms with Crippen molar-refractivity contribution in [3.63, 3.8) is 0 Å². The van der Waals surface area contributed by atoms with Gasteiger partial charge in [0.25, 0.3) is 5.91 Å². The molecule has 102 valence electrons. The number of nitrogens with zero attached hydrogens (tertiary/aromatic N) is 2. The van der Waals surface area contributed by atoms with E-state index in [2.05, 4.69) is 20.8 Å². The first-order valence-corrected chi connectivity index (χ1v) is 6.34. The first-order valence-electron chi connectivity index (χ1n) is 5.96. The monoisotopic (exact) mass is 288 g/mol. The van der Waals surface area contributed by atoms with Crippen LogP contribution >= 0.6 is 11.6 Å². The fourth-order valence-corrected chi connectivity index (χ4v) is 1.63. The maximum atomic E-state index is 11.6. The van der Waals surface area contributed by atoms with E-state index in [1.54, 1.807) is 24.4 Å². The van der Waals surface area contributed by atoms with Crippen molar-refractivity contribution in [2.45, 2.75) is 0 Å². The lowest BCUT2D eigenvalue weighted by atomic mass is 10.3.